The van der Waals surface area contributed by atoms with Crippen molar-refractivity contribution < 1.29 is 5.11 Å². The van der Waals surface area contributed by atoms with Gasteiger partial charge in [-0.1, -0.05) is 56.9 Å². The Labute approximate surface area is 193 Å². The zero-order valence-corrected chi connectivity index (χ0v) is 21.9. The molecule has 0 spiro atoms. The normalized spacial score (nSPS) is 45.6. The van der Waals surface area contributed by atoms with E-state index in [1.165, 1.54) is 63.4 Å². The van der Waals surface area contributed by atoms with Crippen LogP contribution < -0.4 is 0 Å². The molecule has 0 aromatic heterocycles. The van der Waals surface area contributed by atoms with Crippen LogP contribution in [-0.2, 0) is 0 Å². The third-order valence-electron chi connectivity index (χ3n) is 11.9. The van der Waals surface area contributed by atoms with Gasteiger partial charge >= 0.3 is 0 Å². The molecule has 1 nitrogen and oxygen atoms in total. The van der Waals surface area contributed by atoms with E-state index in [1.54, 1.807) is 5.57 Å². The highest BCUT2D eigenvalue weighted by Crippen LogP contribution is 2.71. The van der Waals surface area contributed by atoms with E-state index >= 15 is 0 Å². The quantitative estimate of drug-likeness (QED) is 0.447. The molecule has 0 aromatic rings. The lowest BCUT2D eigenvalue weighted by molar-refractivity contribution is -0.0413. The van der Waals surface area contributed by atoms with E-state index in [9.17, 15) is 5.11 Å². The van der Waals surface area contributed by atoms with Crippen molar-refractivity contribution in [2.75, 3.05) is 0 Å². The average molecular weight is 427 g/mol. The molecular formula is C30H50O. The molecule has 176 valence electrons. The molecule has 2 saturated carbocycles. The molecule has 0 amide bonds. The van der Waals surface area contributed by atoms with Crippen LogP contribution >= 0.6 is 0 Å². The van der Waals surface area contributed by atoms with Crippen molar-refractivity contribution in [2.45, 2.75) is 126 Å². The van der Waals surface area contributed by atoms with Crippen LogP contribution in [0.4, 0.5) is 0 Å². The van der Waals surface area contributed by atoms with Gasteiger partial charge in [-0.15, -0.1) is 0 Å². The van der Waals surface area contributed by atoms with Gasteiger partial charge in [-0.2, -0.15) is 0 Å². The molecule has 0 bridgehead atoms. The van der Waals surface area contributed by atoms with Gasteiger partial charge in [0.25, 0.3) is 0 Å². The number of aliphatic hydroxyl groups excluding tert-OH is 1. The van der Waals surface area contributed by atoms with Crippen LogP contribution in [0.2, 0.25) is 0 Å². The van der Waals surface area contributed by atoms with Gasteiger partial charge < -0.3 is 5.11 Å². The largest absolute Gasteiger partial charge is 0.393 e. The summed E-state index contributed by atoms with van der Waals surface area (Å²) in [7, 11) is 0. The van der Waals surface area contributed by atoms with Gasteiger partial charge in [0.1, 0.15) is 0 Å². The maximum atomic E-state index is 10.6. The minimum atomic E-state index is -0.0781. The molecule has 2 fully saturated rings. The number of fused-ring (bicyclic) bond motifs is 4. The summed E-state index contributed by atoms with van der Waals surface area (Å²) in [6.45, 7) is 19.7. The summed E-state index contributed by atoms with van der Waals surface area (Å²) in [5, 5.41) is 10.6. The molecule has 0 aliphatic heterocycles. The van der Waals surface area contributed by atoms with E-state index in [0.29, 0.717) is 28.1 Å². The molecular weight excluding hydrogens is 376 g/mol. The van der Waals surface area contributed by atoms with Crippen LogP contribution in [0.1, 0.15) is 120 Å². The van der Waals surface area contributed by atoms with E-state index in [0.717, 1.165) is 18.3 Å². The zero-order valence-electron chi connectivity index (χ0n) is 21.9. The standard InChI is InChI=1S/C30H50O/c1-19(2)20(3)9-10-21(4)23-13-17-30(8)26-12-11-24-22(5)27(31)15-16-28(24,6)25(26)14-18-29(23,30)7/h21-24,27,31H,9-18H2,1-8H3. The lowest BCUT2D eigenvalue weighted by Crippen LogP contribution is -2.51. The Kier molecular flexibility index (Phi) is 6.11. The predicted molar refractivity (Wildman–Crippen MR) is 133 cm³/mol. The first-order valence-corrected chi connectivity index (χ1v) is 13.5. The summed E-state index contributed by atoms with van der Waals surface area (Å²) >= 11 is 0. The van der Waals surface area contributed by atoms with E-state index in [2.05, 4.69) is 55.4 Å². The highest BCUT2D eigenvalue weighted by atomic mass is 16.3. The molecule has 0 saturated heterocycles. The van der Waals surface area contributed by atoms with Crippen molar-refractivity contribution in [3.8, 4) is 0 Å². The molecule has 8 atom stereocenters. The summed E-state index contributed by atoms with van der Waals surface area (Å²) in [6.07, 6.45) is 12.9. The lowest BCUT2D eigenvalue weighted by Gasteiger charge is -2.60. The number of allylic oxidation sites excluding steroid dienone is 4. The van der Waals surface area contributed by atoms with Crippen molar-refractivity contribution in [3.63, 3.8) is 0 Å². The third-order valence-corrected chi connectivity index (χ3v) is 11.9. The Morgan fingerprint density at radius 1 is 0.968 bits per heavy atom. The summed E-state index contributed by atoms with van der Waals surface area (Å²) in [6, 6.07) is 0. The van der Waals surface area contributed by atoms with E-state index in [1.807, 2.05) is 11.1 Å². The van der Waals surface area contributed by atoms with Gasteiger partial charge in [-0.25, -0.2) is 0 Å². The van der Waals surface area contributed by atoms with Crippen LogP contribution in [0.3, 0.4) is 0 Å². The first-order chi connectivity index (χ1) is 14.5. The maximum absolute atomic E-state index is 10.6. The topological polar surface area (TPSA) is 20.2 Å². The zero-order chi connectivity index (χ0) is 22.8. The fourth-order valence-electron chi connectivity index (χ4n) is 9.15. The lowest BCUT2D eigenvalue weighted by atomic mass is 9.45. The number of rotatable bonds is 4. The SMILES string of the molecule is CC(C)=C(C)CCC(C)C1CCC2(C)C3=C(CCC12C)C1(C)CCC(O)C(C)C1CC3. The Morgan fingerprint density at radius 2 is 1.68 bits per heavy atom. The molecule has 1 heteroatoms. The van der Waals surface area contributed by atoms with Gasteiger partial charge in [-0.05, 0) is 125 Å². The van der Waals surface area contributed by atoms with Crippen LogP contribution in [-0.4, -0.2) is 11.2 Å². The van der Waals surface area contributed by atoms with E-state index in [4.69, 9.17) is 0 Å². The minimum Gasteiger partial charge on any atom is -0.393 e. The fourth-order valence-corrected chi connectivity index (χ4v) is 9.15. The smallest absolute Gasteiger partial charge is 0.0569 e. The van der Waals surface area contributed by atoms with Crippen LogP contribution in [0.5, 0.6) is 0 Å². The molecule has 31 heavy (non-hydrogen) atoms. The van der Waals surface area contributed by atoms with Crippen molar-refractivity contribution in [3.05, 3.63) is 22.3 Å². The Hall–Kier alpha value is -0.560. The van der Waals surface area contributed by atoms with Crippen molar-refractivity contribution in [1.82, 2.24) is 0 Å². The first kappa shape index (κ1) is 23.6. The molecule has 4 aliphatic rings. The van der Waals surface area contributed by atoms with Crippen LogP contribution in [0, 0.1) is 39.9 Å². The van der Waals surface area contributed by atoms with Crippen LogP contribution in [0.15, 0.2) is 22.3 Å². The molecule has 0 aromatic carbocycles. The van der Waals surface area contributed by atoms with Gasteiger partial charge in [0.05, 0.1) is 6.10 Å². The molecule has 4 aliphatic carbocycles. The highest BCUT2D eigenvalue weighted by molar-refractivity contribution is 5.38. The second-order valence-corrected chi connectivity index (χ2v) is 13.2. The Balaban J connectivity index is 1.62. The molecule has 1 N–H and O–H groups in total. The van der Waals surface area contributed by atoms with Crippen molar-refractivity contribution >= 4 is 0 Å². The average Bonchev–Trinajstić information content (AvgIpc) is 3.00. The molecule has 4 rings (SSSR count). The molecule has 8 unspecified atom stereocenters. The maximum Gasteiger partial charge on any atom is 0.0569 e. The monoisotopic (exact) mass is 426 g/mol. The predicted octanol–water partition coefficient (Wildman–Crippen LogP) is 8.48. The van der Waals surface area contributed by atoms with Gasteiger partial charge in [0.15, 0.2) is 0 Å². The van der Waals surface area contributed by atoms with Crippen molar-refractivity contribution in [1.29, 1.82) is 0 Å². The van der Waals surface area contributed by atoms with Crippen molar-refractivity contribution in [2.24, 2.45) is 39.9 Å². The Bertz CT molecular complexity index is 769. The summed E-state index contributed by atoms with van der Waals surface area (Å²) in [5.41, 5.74) is 8.08. The second-order valence-electron chi connectivity index (χ2n) is 13.2. The summed E-state index contributed by atoms with van der Waals surface area (Å²) < 4.78 is 0. The fraction of sp³-hybridized carbons (Fsp3) is 0.867. The molecule has 0 radical (unpaired) electrons. The van der Waals surface area contributed by atoms with E-state index < -0.39 is 0 Å². The van der Waals surface area contributed by atoms with Gasteiger partial charge in [-0.3, -0.25) is 0 Å². The van der Waals surface area contributed by atoms with Crippen LogP contribution in [0.25, 0.3) is 0 Å². The first-order valence-electron chi connectivity index (χ1n) is 13.5. The second kappa shape index (κ2) is 8.03. The Morgan fingerprint density at radius 3 is 2.35 bits per heavy atom. The number of hydrogen-bond acceptors (Lipinski definition) is 1. The third kappa shape index (κ3) is 3.43. The number of aliphatic hydroxyl groups is 1. The highest BCUT2D eigenvalue weighted by Gasteiger charge is 2.62. The summed E-state index contributed by atoms with van der Waals surface area (Å²) in [4.78, 5) is 0. The minimum absolute atomic E-state index is 0.0781. The van der Waals surface area contributed by atoms with Gasteiger partial charge in [0, 0.05) is 0 Å². The van der Waals surface area contributed by atoms with E-state index in [-0.39, 0.29) is 6.10 Å². The van der Waals surface area contributed by atoms with Gasteiger partial charge in [0.2, 0.25) is 0 Å². The summed E-state index contributed by atoms with van der Waals surface area (Å²) in [5.74, 6) is 2.84. The molecule has 0 heterocycles. The number of hydrogen-bond donors (Lipinski definition) is 1.